The van der Waals surface area contributed by atoms with Gasteiger partial charge in [0.05, 0.1) is 5.41 Å². The zero-order chi connectivity index (χ0) is 14.3. The van der Waals surface area contributed by atoms with E-state index in [0.717, 1.165) is 31.2 Å². The summed E-state index contributed by atoms with van der Waals surface area (Å²) in [5.41, 5.74) is 1.72. The molecule has 2 nitrogen and oxygen atoms in total. The molecule has 1 aromatic rings. The zero-order valence-corrected chi connectivity index (χ0v) is 12.4. The van der Waals surface area contributed by atoms with Crippen LogP contribution in [0.1, 0.15) is 50.7 Å². The fourth-order valence-corrected chi connectivity index (χ4v) is 4.81. The van der Waals surface area contributed by atoms with Crippen LogP contribution in [0.15, 0.2) is 24.3 Å². The molecule has 0 aliphatic heterocycles. The lowest BCUT2D eigenvalue weighted by molar-refractivity contribution is -0.147. The van der Waals surface area contributed by atoms with E-state index in [-0.39, 0.29) is 0 Å². The smallest absolute Gasteiger partial charge is 0.314 e. The van der Waals surface area contributed by atoms with E-state index in [2.05, 4.69) is 26.0 Å². The van der Waals surface area contributed by atoms with Crippen molar-refractivity contribution >= 4 is 5.97 Å². The highest BCUT2D eigenvalue weighted by Crippen LogP contribution is 2.51. The molecule has 108 valence electrons. The van der Waals surface area contributed by atoms with Crippen molar-refractivity contribution in [2.45, 2.75) is 51.4 Å². The van der Waals surface area contributed by atoms with Gasteiger partial charge in [-0.1, -0.05) is 38.1 Å². The Morgan fingerprint density at radius 3 is 2.45 bits per heavy atom. The van der Waals surface area contributed by atoms with Crippen LogP contribution in [0.4, 0.5) is 0 Å². The van der Waals surface area contributed by atoms with Crippen molar-refractivity contribution in [3.63, 3.8) is 0 Å². The van der Waals surface area contributed by atoms with Crippen LogP contribution in [0.5, 0.6) is 0 Å². The van der Waals surface area contributed by atoms with E-state index in [9.17, 15) is 9.90 Å². The summed E-state index contributed by atoms with van der Waals surface area (Å²) >= 11 is 0. The van der Waals surface area contributed by atoms with Gasteiger partial charge in [0, 0.05) is 0 Å². The van der Waals surface area contributed by atoms with E-state index in [1.54, 1.807) is 0 Å². The summed E-state index contributed by atoms with van der Waals surface area (Å²) < 4.78 is 0. The third-order valence-corrected chi connectivity index (χ3v) is 5.54. The van der Waals surface area contributed by atoms with Crippen molar-refractivity contribution in [2.75, 3.05) is 0 Å². The number of benzene rings is 1. The van der Waals surface area contributed by atoms with Gasteiger partial charge in [0.15, 0.2) is 0 Å². The Bertz CT molecular complexity index is 512. The Kier molecular flexibility index (Phi) is 3.35. The molecule has 20 heavy (non-hydrogen) atoms. The van der Waals surface area contributed by atoms with E-state index in [4.69, 9.17) is 0 Å². The number of aryl methyl sites for hydroxylation is 1. The molecular formula is C18H24O2. The van der Waals surface area contributed by atoms with Gasteiger partial charge in [-0.3, -0.25) is 4.79 Å². The molecule has 3 atom stereocenters. The second-order valence-corrected chi connectivity index (χ2v) is 7.05. The molecule has 1 saturated carbocycles. The first-order valence-corrected chi connectivity index (χ1v) is 7.86. The summed E-state index contributed by atoms with van der Waals surface area (Å²) in [4.78, 5) is 12.2. The van der Waals surface area contributed by atoms with E-state index >= 15 is 0 Å². The van der Waals surface area contributed by atoms with Crippen LogP contribution in [-0.4, -0.2) is 11.1 Å². The summed E-state index contributed by atoms with van der Waals surface area (Å²) in [7, 11) is 0. The summed E-state index contributed by atoms with van der Waals surface area (Å²) in [6.45, 7) is 4.55. The Hall–Kier alpha value is -1.31. The largest absolute Gasteiger partial charge is 0.481 e. The standard InChI is InChI=1S/C18H24O2/c1-12-9-13(2)11-15(10-12)18(17(19)20)8-7-14-5-3-4-6-16(14)18/h3-6,12-13,15H,7-11H2,1-2H3,(H,19,20). The van der Waals surface area contributed by atoms with Crippen LogP contribution in [-0.2, 0) is 16.6 Å². The molecule has 2 heteroatoms. The van der Waals surface area contributed by atoms with Crippen molar-refractivity contribution in [1.29, 1.82) is 0 Å². The first-order chi connectivity index (χ1) is 9.54. The molecule has 0 heterocycles. The second kappa shape index (κ2) is 4.91. The molecule has 0 saturated heterocycles. The molecule has 3 unspecified atom stereocenters. The topological polar surface area (TPSA) is 37.3 Å². The summed E-state index contributed by atoms with van der Waals surface area (Å²) in [6.07, 6.45) is 5.07. The third-order valence-electron chi connectivity index (χ3n) is 5.54. The van der Waals surface area contributed by atoms with Crippen LogP contribution < -0.4 is 0 Å². The van der Waals surface area contributed by atoms with E-state index in [1.165, 1.54) is 12.0 Å². The lowest BCUT2D eigenvalue weighted by atomic mass is 9.61. The molecule has 1 aromatic carbocycles. The number of carboxylic acids is 1. The molecule has 0 spiro atoms. The van der Waals surface area contributed by atoms with Gasteiger partial charge >= 0.3 is 5.97 Å². The van der Waals surface area contributed by atoms with Crippen molar-refractivity contribution in [1.82, 2.24) is 0 Å². The van der Waals surface area contributed by atoms with Crippen LogP contribution >= 0.6 is 0 Å². The van der Waals surface area contributed by atoms with Gasteiger partial charge in [0.2, 0.25) is 0 Å². The van der Waals surface area contributed by atoms with Gasteiger partial charge in [0.25, 0.3) is 0 Å². The van der Waals surface area contributed by atoms with Crippen molar-refractivity contribution in [2.24, 2.45) is 17.8 Å². The van der Waals surface area contributed by atoms with Crippen LogP contribution in [0.25, 0.3) is 0 Å². The van der Waals surface area contributed by atoms with E-state index < -0.39 is 11.4 Å². The molecular weight excluding hydrogens is 248 g/mol. The molecule has 0 bridgehead atoms. The maximum atomic E-state index is 12.2. The van der Waals surface area contributed by atoms with Crippen molar-refractivity contribution < 1.29 is 9.90 Å². The van der Waals surface area contributed by atoms with Crippen LogP contribution in [0, 0.1) is 17.8 Å². The van der Waals surface area contributed by atoms with Gasteiger partial charge in [0.1, 0.15) is 0 Å². The predicted octanol–water partition coefficient (Wildman–Crippen LogP) is 4.03. The number of aliphatic carboxylic acids is 1. The summed E-state index contributed by atoms with van der Waals surface area (Å²) in [5, 5.41) is 10.0. The van der Waals surface area contributed by atoms with Crippen LogP contribution in [0.3, 0.4) is 0 Å². The van der Waals surface area contributed by atoms with Crippen LogP contribution in [0.2, 0.25) is 0 Å². The van der Waals surface area contributed by atoms with E-state index in [1.807, 2.05) is 12.1 Å². The molecule has 1 fully saturated rings. The minimum atomic E-state index is -0.625. The fourth-order valence-electron chi connectivity index (χ4n) is 4.81. The average molecular weight is 272 g/mol. The lowest BCUT2D eigenvalue weighted by Gasteiger charge is -2.41. The van der Waals surface area contributed by atoms with Gasteiger partial charge in [-0.2, -0.15) is 0 Å². The lowest BCUT2D eigenvalue weighted by Crippen LogP contribution is -2.44. The summed E-state index contributed by atoms with van der Waals surface area (Å²) in [5.74, 6) is 0.983. The quantitative estimate of drug-likeness (QED) is 0.882. The first kappa shape index (κ1) is 13.7. The molecule has 1 N–H and O–H groups in total. The molecule has 2 aliphatic carbocycles. The van der Waals surface area contributed by atoms with Gasteiger partial charge < -0.3 is 5.11 Å². The van der Waals surface area contributed by atoms with Gasteiger partial charge in [-0.05, 0) is 61.0 Å². The zero-order valence-electron chi connectivity index (χ0n) is 12.4. The Morgan fingerprint density at radius 1 is 1.15 bits per heavy atom. The normalized spacial score (nSPS) is 36.6. The number of hydrogen-bond donors (Lipinski definition) is 1. The predicted molar refractivity (Wildman–Crippen MR) is 79.7 cm³/mol. The minimum absolute atomic E-state index is 0.294. The highest BCUT2D eigenvalue weighted by atomic mass is 16.4. The number of hydrogen-bond acceptors (Lipinski definition) is 1. The van der Waals surface area contributed by atoms with Gasteiger partial charge in [-0.15, -0.1) is 0 Å². The first-order valence-electron chi connectivity index (χ1n) is 7.86. The third kappa shape index (κ3) is 1.97. The average Bonchev–Trinajstić information content (AvgIpc) is 2.78. The summed E-state index contributed by atoms with van der Waals surface area (Å²) in [6, 6.07) is 8.19. The van der Waals surface area contributed by atoms with E-state index in [0.29, 0.717) is 17.8 Å². The van der Waals surface area contributed by atoms with Crippen molar-refractivity contribution in [3.8, 4) is 0 Å². The maximum absolute atomic E-state index is 12.2. The highest BCUT2D eigenvalue weighted by molar-refractivity contribution is 5.83. The molecule has 3 rings (SSSR count). The number of fused-ring (bicyclic) bond motifs is 1. The number of carboxylic acid groups (broad SMARTS) is 1. The number of carbonyl (C=O) groups is 1. The Labute approximate surface area is 121 Å². The highest BCUT2D eigenvalue weighted by Gasteiger charge is 2.52. The minimum Gasteiger partial charge on any atom is -0.481 e. The van der Waals surface area contributed by atoms with Crippen molar-refractivity contribution in [3.05, 3.63) is 35.4 Å². The second-order valence-electron chi connectivity index (χ2n) is 7.05. The Morgan fingerprint density at radius 2 is 1.80 bits per heavy atom. The SMILES string of the molecule is CC1CC(C)CC(C2(C(=O)O)CCc3ccccc32)C1. The monoisotopic (exact) mass is 272 g/mol. The fraction of sp³-hybridized carbons (Fsp3) is 0.611. The maximum Gasteiger partial charge on any atom is 0.314 e. The molecule has 0 aromatic heterocycles. The molecule has 2 aliphatic rings. The number of rotatable bonds is 2. The van der Waals surface area contributed by atoms with Gasteiger partial charge in [-0.25, -0.2) is 0 Å². The Balaban J connectivity index is 2.04. The molecule has 0 amide bonds. The molecule has 0 radical (unpaired) electrons.